The Balaban J connectivity index is 2.99. The zero-order valence-electron chi connectivity index (χ0n) is 13.8. The molecule has 1 aromatic rings. The maximum atomic E-state index is 12.3. The molecule has 122 valence electrons. The number of carbonyl (C=O) groups excluding carboxylic acids is 2. The van der Waals surface area contributed by atoms with E-state index in [1.165, 1.54) is 4.90 Å². The summed E-state index contributed by atoms with van der Waals surface area (Å²) >= 11 is 0. The molecular formula is C15H24N4O3. The largest absolute Gasteiger partial charge is 0.383 e. The van der Waals surface area contributed by atoms with Gasteiger partial charge >= 0.3 is 6.03 Å². The maximum absolute atomic E-state index is 12.3. The van der Waals surface area contributed by atoms with Gasteiger partial charge in [-0.3, -0.25) is 4.79 Å². The molecule has 0 aliphatic heterocycles. The number of carbonyl (C=O) groups is 2. The summed E-state index contributed by atoms with van der Waals surface area (Å²) in [6.45, 7) is 0.872. The van der Waals surface area contributed by atoms with Gasteiger partial charge in [0.05, 0.1) is 12.2 Å². The molecule has 0 bridgehead atoms. The zero-order valence-corrected chi connectivity index (χ0v) is 13.8. The van der Waals surface area contributed by atoms with Crippen LogP contribution in [0.5, 0.6) is 0 Å². The molecule has 1 aromatic carbocycles. The Morgan fingerprint density at radius 2 is 1.86 bits per heavy atom. The standard InChI is InChI=1S/C15H24N4O3/c1-18(2)13-7-6-11(17-15(21)19(3)4)10-12(13)14(20)16-8-9-22-5/h6-7,10H,8-9H2,1-5H3,(H,16,20)(H,17,21). The summed E-state index contributed by atoms with van der Waals surface area (Å²) < 4.78 is 4.92. The monoisotopic (exact) mass is 308 g/mol. The molecule has 0 fully saturated rings. The van der Waals surface area contributed by atoms with Crippen LogP contribution in [0.1, 0.15) is 10.4 Å². The van der Waals surface area contributed by atoms with Crippen LogP contribution in [0.25, 0.3) is 0 Å². The molecule has 0 radical (unpaired) electrons. The first kappa shape index (κ1) is 17.8. The molecule has 22 heavy (non-hydrogen) atoms. The predicted octanol–water partition coefficient (Wildman–Crippen LogP) is 1.22. The van der Waals surface area contributed by atoms with Crippen molar-refractivity contribution in [3.8, 4) is 0 Å². The van der Waals surface area contributed by atoms with Crippen molar-refractivity contribution in [2.45, 2.75) is 0 Å². The molecule has 2 N–H and O–H groups in total. The number of ether oxygens (including phenoxy) is 1. The minimum absolute atomic E-state index is 0.207. The molecular weight excluding hydrogens is 284 g/mol. The van der Waals surface area contributed by atoms with E-state index in [4.69, 9.17) is 4.74 Å². The van der Waals surface area contributed by atoms with Crippen LogP contribution in [0.3, 0.4) is 0 Å². The first-order valence-corrected chi connectivity index (χ1v) is 6.93. The van der Waals surface area contributed by atoms with E-state index in [1.807, 2.05) is 19.0 Å². The fraction of sp³-hybridized carbons (Fsp3) is 0.467. The lowest BCUT2D eigenvalue weighted by Gasteiger charge is -2.19. The summed E-state index contributed by atoms with van der Waals surface area (Å²) in [7, 11) is 8.61. The van der Waals surface area contributed by atoms with E-state index in [-0.39, 0.29) is 11.9 Å². The number of urea groups is 1. The van der Waals surface area contributed by atoms with Crippen molar-refractivity contribution in [1.82, 2.24) is 10.2 Å². The Bertz CT molecular complexity index is 530. The van der Waals surface area contributed by atoms with Crippen molar-refractivity contribution in [3.05, 3.63) is 23.8 Å². The maximum Gasteiger partial charge on any atom is 0.321 e. The Morgan fingerprint density at radius 1 is 1.18 bits per heavy atom. The smallest absolute Gasteiger partial charge is 0.321 e. The van der Waals surface area contributed by atoms with Crippen LogP contribution in [-0.2, 0) is 4.74 Å². The molecule has 0 aromatic heterocycles. The van der Waals surface area contributed by atoms with Gasteiger partial charge in [-0.05, 0) is 18.2 Å². The van der Waals surface area contributed by atoms with E-state index in [0.29, 0.717) is 24.4 Å². The molecule has 0 heterocycles. The number of amides is 3. The lowest BCUT2D eigenvalue weighted by Crippen LogP contribution is -2.30. The lowest BCUT2D eigenvalue weighted by molar-refractivity contribution is 0.0937. The first-order chi connectivity index (χ1) is 10.4. The minimum atomic E-state index is -0.247. The number of methoxy groups -OCH3 is 1. The van der Waals surface area contributed by atoms with Crippen LogP contribution in [0.15, 0.2) is 18.2 Å². The van der Waals surface area contributed by atoms with Gasteiger partial charge in [-0.25, -0.2) is 4.79 Å². The van der Waals surface area contributed by atoms with E-state index in [2.05, 4.69) is 10.6 Å². The average Bonchev–Trinajstić information content (AvgIpc) is 2.46. The molecule has 1 rings (SSSR count). The van der Waals surface area contributed by atoms with Crippen LogP contribution in [-0.4, -0.2) is 65.3 Å². The van der Waals surface area contributed by atoms with Gasteiger partial charge in [-0.1, -0.05) is 0 Å². The van der Waals surface area contributed by atoms with Gasteiger partial charge in [0.25, 0.3) is 5.91 Å². The van der Waals surface area contributed by atoms with Crippen molar-refractivity contribution in [1.29, 1.82) is 0 Å². The molecule has 0 saturated heterocycles. The molecule has 7 nitrogen and oxygen atoms in total. The number of nitrogens with one attached hydrogen (secondary N) is 2. The molecule has 0 unspecified atom stereocenters. The van der Waals surface area contributed by atoms with E-state index in [1.54, 1.807) is 39.4 Å². The van der Waals surface area contributed by atoms with Gasteiger partial charge in [-0.15, -0.1) is 0 Å². The van der Waals surface area contributed by atoms with Gasteiger partial charge in [-0.2, -0.15) is 0 Å². The van der Waals surface area contributed by atoms with Crippen LogP contribution in [0, 0.1) is 0 Å². The Hall–Kier alpha value is -2.28. The van der Waals surface area contributed by atoms with E-state index in [9.17, 15) is 9.59 Å². The number of nitrogens with zero attached hydrogens (tertiary/aromatic N) is 2. The van der Waals surface area contributed by atoms with Crippen molar-refractivity contribution in [2.75, 3.05) is 58.7 Å². The van der Waals surface area contributed by atoms with Gasteiger partial charge in [0.15, 0.2) is 0 Å². The van der Waals surface area contributed by atoms with Gasteiger partial charge in [0.1, 0.15) is 0 Å². The van der Waals surface area contributed by atoms with Crippen molar-refractivity contribution < 1.29 is 14.3 Å². The highest BCUT2D eigenvalue weighted by Crippen LogP contribution is 2.23. The average molecular weight is 308 g/mol. The third kappa shape index (κ3) is 4.92. The molecule has 7 heteroatoms. The highest BCUT2D eigenvalue weighted by Gasteiger charge is 2.14. The van der Waals surface area contributed by atoms with Crippen molar-refractivity contribution in [2.24, 2.45) is 0 Å². The molecule has 0 aliphatic carbocycles. The van der Waals surface area contributed by atoms with Crippen molar-refractivity contribution >= 4 is 23.3 Å². The number of hydrogen-bond donors (Lipinski definition) is 2. The summed E-state index contributed by atoms with van der Waals surface area (Å²) in [4.78, 5) is 27.3. The highest BCUT2D eigenvalue weighted by atomic mass is 16.5. The molecule has 0 saturated carbocycles. The fourth-order valence-electron chi connectivity index (χ4n) is 1.78. The first-order valence-electron chi connectivity index (χ1n) is 6.93. The molecule has 3 amide bonds. The second-order valence-corrected chi connectivity index (χ2v) is 5.20. The molecule has 0 atom stereocenters. The van der Waals surface area contributed by atoms with Crippen LogP contribution < -0.4 is 15.5 Å². The summed E-state index contributed by atoms with van der Waals surface area (Å²) in [6, 6.07) is 4.99. The third-order valence-corrected chi connectivity index (χ3v) is 2.97. The molecule has 0 spiro atoms. The van der Waals surface area contributed by atoms with Gasteiger partial charge in [0, 0.05) is 53.2 Å². The van der Waals surface area contributed by atoms with E-state index >= 15 is 0 Å². The highest BCUT2D eigenvalue weighted by molar-refractivity contribution is 6.01. The quantitative estimate of drug-likeness (QED) is 0.775. The second-order valence-electron chi connectivity index (χ2n) is 5.20. The normalized spacial score (nSPS) is 10.0. The van der Waals surface area contributed by atoms with Gasteiger partial charge < -0.3 is 25.2 Å². The minimum Gasteiger partial charge on any atom is -0.383 e. The number of anilines is 2. The number of rotatable bonds is 6. The predicted molar refractivity (Wildman–Crippen MR) is 87.7 cm³/mol. The SMILES string of the molecule is COCCNC(=O)c1cc(NC(=O)N(C)C)ccc1N(C)C. The summed E-state index contributed by atoms with van der Waals surface area (Å²) in [5.74, 6) is -0.207. The topological polar surface area (TPSA) is 73.9 Å². The fourth-order valence-corrected chi connectivity index (χ4v) is 1.78. The van der Waals surface area contributed by atoms with Crippen LogP contribution >= 0.6 is 0 Å². The Kier molecular flexibility index (Phi) is 6.65. The molecule has 0 aliphatic rings. The summed E-state index contributed by atoms with van der Waals surface area (Å²) in [5.41, 5.74) is 1.84. The third-order valence-electron chi connectivity index (χ3n) is 2.97. The van der Waals surface area contributed by atoms with E-state index in [0.717, 1.165) is 5.69 Å². The Morgan fingerprint density at radius 3 is 2.41 bits per heavy atom. The summed E-state index contributed by atoms with van der Waals surface area (Å²) in [5, 5.41) is 5.52. The van der Waals surface area contributed by atoms with Crippen molar-refractivity contribution in [3.63, 3.8) is 0 Å². The van der Waals surface area contributed by atoms with Crippen LogP contribution in [0.4, 0.5) is 16.2 Å². The van der Waals surface area contributed by atoms with Gasteiger partial charge in [0.2, 0.25) is 0 Å². The number of benzene rings is 1. The zero-order chi connectivity index (χ0) is 16.7. The second kappa shape index (κ2) is 8.23. The summed E-state index contributed by atoms with van der Waals surface area (Å²) in [6.07, 6.45) is 0. The van der Waals surface area contributed by atoms with E-state index < -0.39 is 0 Å². The Labute approximate surface area is 131 Å². The van der Waals surface area contributed by atoms with Crippen LogP contribution in [0.2, 0.25) is 0 Å². The lowest BCUT2D eigenvalue weighted by atomic mass is 10.1. The number of hydrogen-bond acceptors (Lipinski definition) is 4.